The molecule has 0 spiro atoms. The zero-order valence-electron chi connectivity index (χ0n) is 11.9. The van der Waals surface area contributed by atoms with E-state index < -0.39 is 15.9 Å². The summed E-state index contributed by atoms with van der Waals surface area (Å²) in [6.07, 6.45) is 12.4. The number of hydrogen-bond donors (Lipinski definition) is 2. The minimum absolute atomic E-state index is 0. The molecule has 0 radical (unpaired) electrons. The van der Waals surface area contributed by atoms with Crippen molar-refractivity contribution in [2.75, 3.05) is 25.4 Å². The molecule has 1 aliphatic rings. The van der Waals surface area contributed by atoms with Crippen LogP contribution in [0.1, 0.15) is 0 Å². The summed E-state index contributed by atoms with van der Waals surface area (Å²) in [5.74, 6) is -0.613. The molecule has 0 aromatic carbocycles. The normalized spacial score (nSPS) is 20.9. The van der Waals surface area contributed by atoms with Gasteiger partial charge in [-0.1, -0.05) is 30.4 Å². The molecule has 8 heteroatoms. The summed E-state index contributed by atoms with van der Waals surface area (Å²) in [7, 11) is -3.97. The van der Waals surface area contributed by atoms with Gasteiger partial charge in [0.05, 0.1) is 5.75 Å². The van der Waals surface area contributed by atoms with Crippen LogP contribution < -0.4 is 56.7 Å². The molecule has 0 saturated carbocycles. The fourth-order valence-electron chi connectivity index (χ4n) is 1.36. The molecule has 0 fully saturated rings. The molecule has 0 aromatic heterocycles. The van der Waals surface area contributed by atoms with Crippen LogP contribution in [0.4, 0.5) is 0 Å². The predicted molar refractivity (Wildman–Crippen MR) is 78.0 cm³/mol. The Kier molecular flexibility index (Phi) is 11.5. The second-order valence-electron chi connectivity index (χ2n) is 3.96. The van der Waals surface area contributed by atoms with Crippen LogP contribution in [0.15, 0.2) is 48.1 Å². The van der Waals surface area contributed by atoms with Crippen LogP contribution in [-0.2, 0) is 14.9 Å². The van der Waals surface area contributed by atoms with Crippen molar-refractivity contribution in [1.29, 1.82) is 0 Å². The average Bonchev–Trinajstić information content (AvgIpc) is 2.31. The van der Waals surface area contributed by atoms with E-state index in [2.05, 4.69) is 10.6 Å². The molecular formula is C13H17KN2O4S. The fourth-order valence-corrected chi connectivity index (χ4v) is 1.72. The topological polar surface area (TPSA) is 97.6 Å². The molecule has 0 saturated heterocycles. The Labute approximate surface area is 167 Å². The summed E-state index contributed by atoms with van der Waals surface area (Å²) in [4.78, 5) is 11.8. The van der Waals surface area contributed by atoms with E-state index in [-0.39, 0.29) is 63.8 Å². The summed E-state index contributed by atoms with van der Waals surface area (Å²) < 4.78 is 29.4. The van der Waals surface area contributed by atoms with Gasteiger partial charge in [0.25, 0.3) is 16.0 Å². The third kappa shape index (κ3) is 11.2. The van der Waals surface area contributed by atoms with Crippen molar-refractivity contribution in [3.05, 3.63) is 53.4 Å². The van der Waals surface area contributed by atoms with Crippen LogP contribution in [0.5, 0.6) is 0 Å². The van der Waals surface area contributed by atoms with Crippen LogP contribution in [0.25, 0.3) is 5.32 Å². The Bertz CT molecular complexity index is 551. The minimum Gasteiger partial charge on any atom is -0.660 e. The van der Waals surface area contributed by atoms with Gasteiger partial charge in [0.1, 0.15) is 0 Å². The fraction of sp³-hybridized carbons (Fsp3) is 0.308. The summed E-state index contributed by atoms with van der Waals surface area (Å²) in [6.45, 7) is 0.633. The molecule has 21 heavy (non-hydrogen) atoms. The maximum Gasteiger partial charge on any atom is 1.00 e. The van der Waals surface area contributed by atoms with Gasteiger partial charge in [0.15, 0.2) is 0 Å². The number of amides is 1. The molecule has 0 heterocycles. The molecule has 0 aromatic rings. The van der Waals surface area contributed by atoms with Gasteiger partial charge < -0.3 is 10.6 Å². The summed E-state index contributed by atoms with van der Waals surface area (Å²) in [6, 6.07) is 0. The van der Waals surface area contributed by atoms with Gasteiger partial charge in [0, 0.05) is 5.57 Å². The number of carbonyl (C=O) groups excluding carboxylic acids is 1. The van der Waals surface area contributed by atoms with Gasteiger partial charge in [-0.25, -0.2) is 0 Å². The van der Waals surface area contributed by atoms with E-state index in [9.17, 15) is 13.2 Å². The third-order valence-corrected chi connectivity index (χ3v) is 3.02. The van der Waals surface area contributed by atoms with Crippen molar-refractivity contribution >= 4 is 16.0 Å². The molecule has 1 rings (SSSR count). The first-order valence-corrected chi connectivity index (χ1v) is 7.68. The van der Waals surface area contributed by atoms with Crippen LogP contribution in [-0.4, -0.2) is 44.3 Å². The van der Waals surface area contributed by atoms with Gasteiger partial charge in [-0.2, -0.15) is 8.42 Å². The summed E-state index contributed by atoms with van der Waals surface area (Å²) in [5.41, 5.74) is 0.531. The van der Waals surface area contributed by atoms with E-state index in [4.69, 9.17) is 4.55 Å². The maximum atomic E-state index is 11.8. The largest absolute Gasteiger partial charge is 1.00 e. The van der Waals surface area contributed by atoms with Crippen LogP contribution in [0.2, 0.25) is 0 Å². The van der Waals surface area contributed by atoms with Crippen molar-refractivity contribution in [3.63, 3.8) is 0 Å². The molecule has 0 atom stereocenters. The van der Waals surface area contributed by atoms with Gasteiger partial charge in [0.2, 0.25) is 0 Å². The summed E-state index contributed by atoms with van der Waals surface area (Å²) >= 11 is 0. The zero-order valence-corrected chi connectivity index (χ0v) is 15.8. The quantitative estimate of drug-likeness (QED) is 0.318. The first kappa shape index (κ1) is 20.9. The smallest absolute Gasteiger partial charge is 0.660 e. The number of rotatable bonds is 7. The van der Waals surface area contributed by atoms with Crippen LogP contribution >= 0.6 is 0 Å². The van der Waals surface area contributed by atoms with Crippen molar-refractivity contribution in [3.8, 4) is 0 Å². The zero-order chi connectivity index (χ0) is 14.8. The molecule has 0 bridgehead atoms. The Morgan fingerprint density at radius 1 is 1.14 bits per heavy atom. The molecule has 6 nitrogen and oxygen atoms in total. The Hall–Kier alpha value is -0.0636. The first-order chi connectivity index (χ1) is 9.49. The van der Waals surface area contributed by atoms with E-state index in [1.54, 1.807) is 24.3 Å². The van der Waals surface area contributed by atoms with Crippen molar-refractivity contribution < 1.29 is 69.1 Å². The van der Waals surface area contributed by atoms with E-state index in [0.717, 1.165) is 0 Å². The van der Waals surface area contributed by atoms with Gasteiger partial charge >= 0.3 is 51.4 Å². The van der Waals surface area contributed by atoms with E-state index >= 15 is 0 Å². The molecular weight excluding hydrogens is 319 g/mol. The van der Waals surface area contributed by atoms with E-state index in [0.29, 0.717) is 18.7 Å². The third-order valence-electron chi connectivity index (χ3n) is 2.32. The number of carbonyl (C=O) groups is 1. The van der Waals surface area contributed by atoms with Crippen LogP contribution in [0.3, 0.4) is 0 Å². The number of nitrogens with zero attached hydrogens (tertiary/aromatic N) is 1. The molecule has 1 amide bonds. The molecule has 2 N–H and O–H groups in total. The monoisotopic (exact) mass is 336 g/mol. The standard InChI is InChI=1S/C13H17N2O4S.K/c16-13(12-6-4-2-1-3-5-7-12)15-9-8-14-10-11-20(17,18)19;/h1-7H,8-11H2,(H,15,16)(H,17,18,19);/q-1;+1/b2-1-,3-1?,4-2?,5-3-,6-4-,7-5?,12-6?,12-7+;. The van der Waals surface area contributed by atoms with E-state index in [1.165, 1.54) is 0 Å². The first-order valence-electron chi connectivity index (χ1n) is 6.07. The van der Waals surface area contributed by atoms with Crippen molar-refractivity contribution in [1.82, 2.24) is 5.32 Å². The second-order valence-corrected chi connectivity index (χ2v) is 5.54. The number of hydrogen-bond acceptors (Lipinski definition) is 3. The van der Waals surface area contributed by atoms with E-state index in [1.807, 2.05) is 18.2 Å². The van der Waals surface area contributed by atoms with Gasteiger partial charge in [-0.15, -0.1) is 13.1 Å². The van der Waals surface area contributed by atoms with Gasteiger partial charge in [-0.3, -0.25) is 9.35 Å². The minimum atomic E-state index is -3.97. The Balaban J connectivity index is 0.00000400. The Morgan fingerprint density at radius 3 is 2.52 bits per heavy atom. The number of nitrogens with one attached hydrogen (secondary N) is 1. The van der Waals surface area contributed by atoms with Crippen LogP contribution in [0, 0.1) is 0 Å². The predicted octanol–water partition coefficient (Wildman–Crippen LogP) is -2.02. The Morgan fingerprint density at radius 2 is 1.81 bits per heavy atom. The van der Waals surface area contributed by atoms with Crippen molar-refractivity contribution in [2.45, 2.75) is 0 Å². The summed E-state index contributed by atoms with van der Waals surface area (Å²) in [5, 5.41) is 6.57. The average molecular weight is 336 g/mol. The molecule has 0 aliphatic heterocycles. The number of allylic oxidation sites excluding steroid dienone is 6. The maximum absolute atomic E-state index is 11.8. The molecule has 0 unspecified atom stereocenters. The second kappa shape index (κ2) is 11.5. The van der Waals surface area contributed by atoms with Gasteiger partial charge in [-0.05, 0) is 18.7 Å². The SMILES string of the molecule is O=C(NCC[N-]CCS(=O)(=O)O)C1=C/C=C\C=C/C=C\1.[K+]. The molecule has 1 aliphatic carbocycles. The van der Waals surface area contributed by atoms with Crippen molar-refractivity contribution in [2.24, 2.45) is 0 Å². The molecule has 110 valence electrons.